The van der Waals surface area contributed by atoms with Crippen LogP contribution in [0.25, 0.3) is 0 Å². The highest BCUT2D eigenvalue weighted by Crippen LogP contribution is 2.07. The van der Waals surface area contributed by atoms with Gasteiger partial charge in [0.15, 0.2) is 0 Å². The maximum absolute atomic E-state index is 13.3. The lowest BCUT2D eigenvalue weighted by Crippen LogP contribution is -2.28. The normalized spacial score (nSPS) is 9.43. The average molecular weight is 286 g/mol. The number of hydrogen-bond donors (Lipinski definition) is 2. The number of amides is 2. The zero-order valence-electron chi connectivity index (χ0n) is 11.0. The minimum atomic E-state index is -0.468. The molecule has 2 aromatic carbocycles. The highest BCUT2D eigenvalue weighted by Gasteiger charge is 2.00. The van der Waals surface area contributed by atoms with Gasteiger partial charge in [-0.15, -0.1) is 0 Å². The molecule has 0 bridgehead atoms. The molecular weight excluding hydrogens is 274 g/mol. The Balaban J connectivity index is 1.83. The molecule has 0 saturated heterocycles. The van der Waals surface area contributed by atoms with E-state index in [0.717, 1.165) is 0 Å². The Labute approximate surface area is 121 Å². The summed E-state index contributed by atoms with van der Waals surface area (Å²) in [4.78, 5) is 11.5. The van der Waals surface area contributed by atoms with E-state index in [0.29, 0.717) is 5.69 Å². The second kappa shape index (κ2) is 7.06. The van der Waals surface area contributed by atoms with Crippen molar-refractivity contribution >= 4 is 11.7 Å². The number of nitrogens with one attached hydrogen (secondary N) is 2. The molecule has 2 amide bonds. The minimum absolute atomic E-state index is 0.0708. The molecule has 0 heterocycles. The molecular formula is C16H12F2N2O. The van der Waals surface area contributed by atoms with Crippen LogP contribution in [-0.2, 0) is 0 Å². The second-order valence-electron chi connectivity index (χ2n) is 4.10. The first kappa shape index (κ1) is 14.5. The number of rotatable bonds is 2. The van der Waals surface area contributed by atoms with Crippen molar-refractivity contribution in [1.82, 2.24) is 5.32 Å². The number of anilines is 1. The van der Waals surface area contributed by atoms with Gasteiger partial charge in [-0.25, -0.2) is 13.6 Å². The third-order valence-electron chi connectivity index (χ3n) is 2.54. The molecule has 0 aromatic heterocycles. The van der Waals surface area contributed by atoms with Crippen molar-refractivity contribution < 1.29 is 13.6 Å². The molecule has 3 nitrogen and oxygen atoms in total. The molecule has 0 aliphatic carbocycles. The first-order valence-electron chi connectivity index (χ1n) is 6.19. The molecule has 2 N–H and O–H groups in total. The largest absolute Gasteiger partial charge is 0.327 e. The molecule has 106 valence electrons. The van der Waals surface area contributed by atoms with Crippen LogP contribution in [0.3, 0.4) is 0 Å². The minimum Gasteiger partial charge on any atom is -0.327 e. The Hall–Kier alpha value is -2.87. The van der Waals surface area contributed by atoms with E-state index in [2.05, 4.69) is 22.5 Å². The van der Waals surface area contributed by atoms with E-state index in [1.165, 1.54) is 30.3 Å². The van der Waals surface area contributed by atoms with E-state index < -0.39 is 11.8 Å². The van der Waals surface area contributed by atoms with Crippen molar-refractivity contribution in [3.05, 3.63) is 65.7 Å². The topological polar surface area (TPSA) is 41.1 Å². The monoisotopic (exact) mass is 286 g/mol. The van der Waals surface area contributed by atoms with Gasteiger partial charge in [0, 0.05) is 5.69 Å². The molecule has 0 aliphatic rings. The predicted molar refractivity (Wildman–Crippen MR) is 76.7 cm³/mol. The van der Waals surface area contributed by atoms with Crippen molar-refractivity contribution in [2.24, 2.45) is 0 Å². The van der Waals surface area contributed by atoms with Crippen molar-refractivity contribution in [2.45, 2.75) is 0 Å². The van der Waals surface area contributed by atoms with Gasteiger partial charge in [-0.3, -0.25) is 0 Å². The maximum atomic E-state index is 13.3. The van der Waals surface area contributed by atoms with Gasteiger partial charge < -0.3 is 10.6 Å². The summed E-state index contributed by atoms with van der Waals surface area (Å²) in [5.41, 5.74) is 0.745. The van der Waals surface area contributed by atoms with E-state index in [-0.39, 0.29) is 17.9 Å². The Morgan fingerprint density at radius 2 is 1.76 bits per heavy atom. The zero-order chi connectivity index (χ0) is 15.1. The lowest BCUT2D eigenvalue weighted by molar-refractivity contribution is 0.253. The lowest BCUT2D eigenvalue weighted by Gasteiger charge is -2.04. The summed E-state index contributed by atoms with van der Waals surface area (Å²) >= 11 is 0. The SMILES string of the molecule is O=C(NCC#Cc1ccccc1F)Nc1ccc(F)cc1. The van der Waals surface area contributed by atoms with Crippen LogP contribution in [0, 0.1) is 23.5 Å². The van der Waals surface area contributed by atoms with Crippen molar-refractivity contribution in [3.8, 4) is 11.8 Å². The first-order valence-corrected chi connectivity index (χ1v) is 6.19. The Kier molecular flexibility index (Phi) is 4.89. The van der Waals surface area contributed by atoms with Gasteiger partial charge in [-0.1, -0.05) is 24.0 Å². The molecule has 0 unspecified atom stereocenters. The summed E-state index contributed by atoms with van der Waals surface area (Å²) in [5.74, 6) is 4.49. The molecule has 0 saturated carbocycles. The van der Waals surface area contributed by atoms with E-state index in [9.17, 15) is 13.6 Å². The number of hydrogen-bond acceptors (Lipinski definition) is 1. The smallest absolute Gasteiger partial charge is 0.319 e. The van der Waals surface area contributed by atoms with Gasteiger partial charge in [0.1, 0.15) is 11.6 Å². The first-order chi connectivity index (χ1) is 10.1. The van der Waals surface area contributed by atoms with Crippen LogP contribution in [0.1, 0.15) is 5.56 Å². The fraction of sp³-hybridized carbons (Fsp3) is 0.0625. The Morgan fingerprint density at radius 3 is 2.48 bits per heavy atom. The van der Waals surface area contributed by atoms with E-state index in [1.807, 2.05) is 0 Å². The second-order valence-corrected chi connectivity index (χ2v) is 4.10. The van der Waals surface area contributed by atoms with Crippen LogP contribution in [0.4, 0.5) is 19.3 Å². The average Bonchev–Trinajstić information content (AvgIpc) is 2.48. The molecule has 0 spiro atoms. The van der Waals surface area contributed by atoms with Crippen molar-refractivity contribution in [3.63, 3.8) is 0 Å². The van der Waals surface area contributed by atoms with E-state index in [4.69, 9.17) is 0 Å². The number of benzene rings is 2. The highest BCUT2D eigenvalue weighted by atomic mass is 19.1. The third kappa shape index (κ3) is 4.62. The summed E-state index contributed by atoms with van der Waals surface area (Å²) in [6, 6.07) is 11.0. The number of halogens is 2. The standard InChI is InChI=1S/C16H12F2N2O/c17-13-7-9-14(10-8-13)20-16(21)19-11-3-5-12-4-1-2-6-15(12)18/h1-2,4,6-10H,11H2,(H2,19,20,21). The zero-order valence-corrected chi connectivity index (χ0v) is 11.0. The summed E-state index contributed by atoms with van der Waals surface area (Å²) in [7, 11) is 0. The maximum Gasteiger partial charge on any atom is 0.319 e. The van der Waals surface area contributed by atoms with Gasteiger partial charge in [0.25, 0.3) is 0 Å². The van der Waals surface area contributed by atoms with Gasteiger partial charge in [0.2, 0.25) is 0 Å². The van der Waals surface area contributed by atoms with Crippen LogP contribution in [-0.4, -0.2) is 12.6 Å². The predicted octanol–water partition coefficient (Wildman–Crippen LogP) is 3.14. The van der Waals surface area contributed by atoms with Crippen molar-refractivity contribution in [1.29, 1.82) is 0 Å². The van der Waals surface area contributed by atoms with Gasteiger partial charge in [0.05, 0.1) is 12.1 Å². The molecule has 5 heteroatoms. The van der Waals surface area contributed by atoms with Crippen molar-refractivity contribution in [2.75, 3.05) is 11.9 Å². The van der Waals surface area contributed by atoms with Crippen LogP contribution < -0.4 is 10.6 Å². The fourth-order valence-corrected chi connectivity index (χ4v) is 1.53. The molecule has 0 atom stereocenters. The fourth-order valence-electron chi connectivity index (χ4n) is 1.53. The number of carbonyl (C=O) groups excluding carboxylic acids is 1. The Bertz CT molecular complexity index is 687. The summed E-state index contributed by atoms with van der Waals surface area (Å²) in [6.07, 6.45) is 0. The Morgan fingerprint density at radius 1 is 1.05 bits per heavy atom. The van der Waals surface area contributed by atoms with Gasteiger partial charge in [-0.2, -0.15) is 0 Å². The molecule has 0 radical (unpaired) electrons. The van der Waals surface area contributed by atoms with Crippen LogP contribution in [0.5, 0.6) is 0 Å². The van der Waals surface area contributed by atoms with Crippen LogP contribution in [0.15, 0.2) is 48.5 Å². The van der Waals surface area contributed by atoms with E-state index >= 15 is 0 Å². The summed E-state index contributed by atoms with van der Waals surface area (Å²) in [6.45, 7) is 0.0708. The molecule has 2 rings (SSSR count). The molecule has 2 aromatic rings. The van der Waals surface area contributed by atoms with E-state index in [1.54, 1.807) is 18.2 Å². The van der Waals surface area contributed by atoms with Gasteiger partial charge in [-0.05, 0) is 36.4 Å². The molecule has 0 aliphatic heterocycles. The summed E-state index contributed by atoms with van der Waals surface area (Å²) in [5, 5.41) is 5.02. The van der Waals surface area contributed by atoms with Crippen LogP contribution in [0.2, 0.25) is 0 Å². The summed E-state index contributed by atoms with van der Waals surface area (Å²) < 4.78 is 26.0. The molecule has 0 fully saturated rings. The lowest BCUT2D eigenvalue weighted by atomic mass is 10.2. The highest BCUT2D eigenvalue weighted by molar-refractivity contribution is 5.89. The van der Waals surface area contributed by atoms with Crippen LogP contribution >= 0.6 is 0 Å². The quantitative estimate of drug-likeness (QED) is 0.818. The molecule has 21 heavy (non-hydrogen) atoms. The number of carbonyl (C=O) groups is 1. The number of urea groups is 1. The van der Waals surface area contributed by atoms with Gasteiger partial charge >= 0.3 is 6.03 Å². The third-order valence-corrected chi connectivity index (χ3v) is 2.54.